The molecular weight excluding hydrogens is 278 g/mol. The number of carbonyl (C=O) groups excluding carboxylic acids is 2. The number of nitrogens with zero attached hydrogens (tertiary/aromatic N) is 1. The molecule has 1 N–H and O–H groups in total. The number of phenolic OH excluding ortho intramolecular Hbond substituents is 1. The van der Waals surface area contributed by atoms with Crippen LogP contribution < -0.4 is 4.90 Å². The van der Waals surface area contributed by atoms with Crippen LogP contribution in [0.5, 0.6) is 5.75 Å². The van der Waals surface area contributed by atoms with Crippen molar-refractivity contribution in [1.29, 1.82) is 0 Å². The number of carbonyl (C=O) groups is 2. The van der Waals surface area contributed by atoms with Gasteiger partial charge in [-0.1, -0.05) is 11.6 Å². The van der Waals surface area contributed by atoms with Gasteiger partial charge < -0.3 is 5.11 Å². The van der Waals surface area contributed by atoms with E-state index in [0.29, 0.717) is 17.5 Å². The molecule has 0 spiro atoms. The second-order valence-corrected chi connectivity index (χ2v) is 6.44. The monoisotopic (exact) mass is 291 g/mol. The van der Waals surface area contributed by atoms with Gasteiger partial charge in [-0.3, -0.25) is 9.59 Å². The van der Waals surface area contributed by atoms with Crippen LogP contribution in [0.15, 0.2) is 18.2 Å². The molecule has 104 valence electrons. The van der Waals surface area contributed by atoms with Gasteiger partial charge in [0, 0.05) is 0 Å². The lowest BCUT2D eigenvalue weighted by Crippen LogP contribution is -2.32. The second-order valence-electron chi connectivity index (χ2n) is 6.03. The molecule has 5 heteroatoms. The lowest BCUT2D eigenvalue weighted by atomic mass is 9.81. The first-order valence-corrected chi connectivity index (χ1v) is 7.32. The number of benzene rings is 1. The molecule has 1 saturated heterocycles. The van der Waals surface area contributed by atoms with E-state index in [9.17, 15) is 14.7 Å². The van der Waals surface area contributed by atoms with Crippen molar-refractivity contribution in [3.8, 4) is 5.75 Å². The quantitative estimate of drug-likeness (QED) is 0.809. The van der Waals surface area contributed by atoms with E-state index in [2.05, 4.69) is 0 Å². The number of rotatable bonds is 1. The van der Waals surface area contributed by atoms with E-state index in [1.165, 1.54) is 17.0 Å². The van der Waals surface area contributed by atoms with Gasteiger partial charge in [-0.2, -0.15) is 0 Å². The summed E-state index contributed by atoms with van der Waals surface area (Å²) in [6, 6.07) is 4.47. The number of amides is 2. The van der Waals surface area contributed by atoms with E-state index in [-0.39, 0.29) is 34.4 Å². The van der Waals surface area contributed by atoms with Crippen molar-refractivity contribution in [3.05, 3.63) is 23.2 Å². The normalized spacial score (nSPS) is 35.0. The molecule has 4 unspecified atom stereocenters. The Hall–Kier alpha value is -1.55. The van der Waals surface area contributed by atoms with E-state index in [4.69, 9.17) is 11.6 Å². The molecule has 4 rings (SSSR count). The molecule has 4 nitrogen and oxygen atoms in total. The molecule has 20 heavy (non-hydrogen) atoms. The summed E-state index contributed by atoms with van der Waals surface area (Å²) in [4.78, 5) is 26.4. The Morgan fingerprint density at radius 2 is 1.70 bits per heavy atom. The molecule has 2 aliphatic carbocycles. The molecule has 0 aromatic heterocycles. The third-order valence-electron chi connectivity index (χ3n) is 5.12. The van der Waals surface area contributed by atoms with Crippen LogP contribution in [0.4, 0.5) is 5.69 Å². The van der Waals surface area contributed by atoms with Crippen LogP contribution in [-0.4, -0.2) is 16.9 Å². The Morgan fingerprint density at radius 1 is 1.10 bits per heavy atom. The molecule has 3 fully saturated rings. The summed E-state index contributed by atoms with van der Waals surface area (Å²) in [6.45, 7) is 0. The molecule has 1 aliphatic heterocycles. The molecule has 2 amide bonds. The maximum atomic E-state index is 12.6. The molecule has 2 bridgehead atoms. The molecular formula is C15H14ClNO3. The summed E-state index contributed by atoms with van der Waals surface area (Å²) in [5.41, 5.74) is 0.469. The minimum absolute atomic E-state index is 0.0465. The van der Waals surface area contributed by atoms with Gasteiger partial charge in [0.1, 0.15) is 5.75 Å². The fourth-order valence-electron chi connectivity index (χ4n) is 4.30. The zero-order valence-corrected chi connectivity index (χ0v) is 11.5. The van der Waals surface area contributed by atoms with E-state index >= 15 is 0 Å². The minimum Gasteiger partial charge on any atom is -0.506 e. The van der Waals surface area contributed by atoms with Crippen LogP contribution in [0.1, 0.15) is 19.3 Å². The average molecular weight is 292 g/mol. The first-order valence-electron chi connectivity index (χ1n) is 6.94. The smallest absolute Gasteiger partial charge is 0.237 e. The van der Waals surface area contributed by atoms with Crippen molar-refractivity contribution >= 4 is 29.1 Å². The number of imide groups is 1. The van der Waals surface area contributed by atoms with Gasteiger partial charge in [-0.15, -0.1) is 0 Å². The molecule has 1 heterocycles. The number of aromatic hydroxyl groups is 1. The van der Waals surface area contributed by atoms with Gasteiger partial charge in [-0.25, -0.2) is 4.90 Å². The van der Waals surface area contributed by atoms with Crippen LogP contribution >= 0.6 is 11.6 Å². The largest absolute Gasteiger partial charge is 0.506 e. The minimum atomic E-state index is -0.131. The number of fused-ring (bicyclic) bond motifs is 5. The molecule has 3 aliphatic rings. The third-order valence-corrected chi connectivity index (χ3v) is 5.42. The van der Waals surface area contributed by atoms with E-state index in [0.717, 1.165) is 19.3 Å². The Labute approximate surface area is 121 Å². The zero-order valence-electron chi connectivity index (χ0n) is 10.8. The molecule has 2 saturated carbocycles. The Balaban J connectivity index is 1.74. The van der Waals surface area contributed by atoms with Gasteiger partial charge >= 0.3 is 0 Å². The Morgan fingerprint density at radius 3 is 2.25 bits per heavy atom. The predicted octanol–water partition coefficient (Wildman–Crippen LogP) is 2.58. The van der Waals surface area contributed by atoms with Gasteiger partial charge in [0.2, 0.25) is 11.8 Å². The summed E-state index contributed by atoms with van der Waals surface area (Å²) >= 11 is 5.88. The first kappa shape index (κ1) is 12.2. The number of hydrogen-bond acceptors (Lipinski definition) is 3. The lowest BCUT2D eigenvalue weighted by molar-refractivity contribution is -0.123. The number of anilines is 1. The highest BCUT2D eigenvalue weighted by Crippen LogP contribution is 2.56. The van der Waals surface area contributed by atoms with Gasteiger partial charge in [-0.05, 0) is 49.3 Å². The van der Waals surface area contributed by atoms with Crippen molar-refractivity contribution < 1.29 is 14.7 Å². The number of phenols is 1. The SMILES string of the molecule is O=C1C2C3CCC(C3)C2C(=O)N1c1ccc(O)c(Cl)c1. The van der Waals surface area contributed by atoms with Crippen LogP contribution in [0.3, 0.4) is 0 Å². The first-order chi connectivity index (χ1) is 9.58. The highest BCUT2D eigenvalue weighted by atomic mass is 35.5. The topological polar surface area (TPSA) is 57.6 Å². The van der Waals surface area contributed by atoms with E-state index in [1.54, 1.807) is 6.07 Å². The van der Waals surface area contributed by atoms with Crippen LogP contribution in [0.2, 0.25) is 5.02 Å². The summed E-state index contributed by atoms with van der Waals surface area (Å²) < 4.78 is 0. The zero-order chi connectivity index (χ0) is 14.0. The van der Waals surface area contributed by atoms with Crippen molar-refractivity contribution in [2.24, 2.45) is 23.7 Å². The lowest BCUT2D eigenvalue weighted by Gasteiger charge is -2.19. The summed E-state index contributed by atoms with van der Waals surface area (Å²) in [7, 11) is 0. The molecule has 1 aromatic carbocycles. The highest BCUT2D eigenvalue weighted by molar-refractivity contribution is 6.32. The van der Waals surface area contributed by atoms with Crippen LogP contribution in [0, 0.1) is 23.7 Å². The van der Waals surface area contributed by atoms with Crippen molar-refractivity contribution in [3.63, 3.8) is 0 Å². The Bertz CT molecular complexity index is 602. The summed E-state index contributed by atoms with van der Waals surface area (Å²) in [5.74, 6) is 0.262. The fraction of sp³-hybridized carbons (Fsp3) is 0.467. The molecule has 0 radical (unpaired) electrons. The van der Waals surface area contributed by atoms with Crippen molar-refractivity contribution in [2.45, 2.75) is 19.3 Å². The van der Waals surface area contributed by atoms with Gasteiger partial charge in [0.05, 0.1) is 22.5 Å². The van der Waals surface area contributed by atoms with Crippen LogP contribution in [0.25, 0.3) is 0 Å². The van der Waals surface area contributed by atoms with Crippen LogP contribution in [-0.2, 0) is 9.59 Å². The standard InChI is InChI=1S/C15H14ClNO3/c16-10-6-9(3-4-11(10)18)17-14(19)12-7-1-2-8(5-7)13(12)15(17)20/h3-4,6-8,12-13,18H,1-2,5H2. The molecule has 1 aromatic rings. The maximum Gasteiger partial charge on any atom is 0.237 e. The second kappa shape index (κ2) is 3.98. The Kier molecular flexibility index (Phi) is 2.43. The number of hydrogen-bond donors (Lipinski definition) is 1. The summed E-state index contributed by atoms with van der Waals surface area (Å²) in [6.07, 6.45) is 3.15. The highest BCUT2D eigenvalue weighted by Gasteiger charge is 2.61. The van der Waals surface area contributed by atoms with Gasteiger partial charge in [0.15, 0.2) is 0 Å². The van der Waals surface area contributed by atoms with Crippen molar-refractivity contribution in [1.82, 2.24) is 0 Å². The number of halogens is 1. The average Bonchev–Trinajstić information content (AvgIpc) is 3.08. The van der Waals surface area contributed by atoms with E-state index < -0.39 is 0 Å². The summed E-state index contributed by atoms with van der Waals surface area (Å²) in [5, 5.41) is 9.61. The van der Waals surface area contributed by atoms with E-state index in [1.807, 2.05) is 0 Å². The predicted molar refractivity (Wildman–Crippen MR) is 73.4 cm³/mol. The van der Waals surface area contributed by atoms with Crippen molar-refractivity contribution in [2.75, 3.05) is 4.90 Å². The fourth-order valence-corrected chi connectivity index (χ4v) is 4.47. The maximum absolute atomic E-state index is 12.6. The molecule has 4 atom stereocenters. The van der Waals surface area contributed by atoms with Gasteiger partial charge in [0.25, 0.3) is 0 Å². The third kappa shape index (κ3) is 1.43.